The molecule has 1 aromatic heterocycles. The molecule has 0 amide bonds. The van der Waals surface area contributed by atoms with Crippen LogP contribution in [-0.2, 0) is 9.84 Å². The van der Waals surface area contributed by atoms with Gasteiger partial charge in [-0.15, -0.1) is 11.3 Å². The SMILES string of the molecule is CS(=O)(=O)c1ccc2sc3ccccc3c(=O)c2c1. The smallest absolute Gasteiger partial charge is 0.195 e. The van der Waals surface area contributed by atoms with E-state index in [4.69, 9.17) is 0 Å². The van der Waals surface area contributed by atoms with E-state index < -0.39 is 9.84 Å². The minimum Gasteiger partial charge on any atom is -0.289 e. The maximum absolute atomic E-state index is 12.4. The first-order chi connectivity index (χ1) is 8.97. The molecule has 0 bridgehead atoms. The number of hydrogen-bond donors (Lipinski definition) is 0. The van der Waals surface area contributed by atoms with Gasteiger partial charge in [-0.3, -0.25) is 4.79 Å². The number of benzene rings is 2. The molecule has 19 heavy (non-hydrogen) atoms. The molecule has 0 saturated carbocycles. The predicted octanol–water partition coefficient (Wildman–Crippen LogP) is 2.82. The van der Waals surface area contributed by atoms with Crippen LogP contribution in [0, 0.1) is 0 Å². The quantitative estimate of drug-likeness (QED) is 0.648. The average Bonchev–Trinajstić information content (AvgIpc) is 2.37. The third kappa shape index (κ3) is 2.05. The summed E-state index contributed by atoms with van der Waals surface area (Å²) in [5.74, 6) is 0. The van der Waals surface area contributed by atoms with Crippen molar-refractivity contribution in [3.8, 4) is 0 Å². The van der Waals surface area contributed by atoms with E-state index in [9.17, 15) is 13.2 Å². The highest BCUT2D eigenvalue weighted by molar-refractivity contribution is 7.90. The third-order valence-corrected chi connectivity index (χ3v) is 5.24. The zero-order valence-electron chi connectivity index (χ0n) is 10.1. The van der Waals surface area contributed by atoms with Crippen molar-refractivity contribution in [2.75, 3.05) is 6.26 Å². The van der Waals surface area contributed by atoms with Crippen molar-refractivity contribution in [2.24, 2.45) is 0 Å². The van der Waals surface area contributed by atoms with Crippen molar-refractivity contribution >= 4 is 41.3 Å². The van der Waals surface area contributed by atoms with Crippen molar-refractivity contribution in [3.05, 3.63) is 52.7 Å². The molecule has 0 radical (unpaired) electrons. The Labute approximate surface area is 114 Å². The van der Waals surface area contributed by atoms with Crippen LogP contribution in [0.2, 0.25) is 0 Å². The van der Waals surface area contributed by atoms with Crippen molar-refractivity contribution < 1.29 is 8.42 Å². The van der Waals surface area contributed by atoms with Crippen LogP contribution < -0.4 is 5.43 Å². The van der Waals surface area contributed by atoms with E-state index in [2.05, 4.69) is 0 Å². The van der Waals surface area contributed by atoms with Crippen LogP contribution in [0.4, 0.5) is 0 Å². The van der Waals surface area contributed by atoms with E-state index in [-0.39, 0.29) is 10.3 Å². The molecule has 1 heterocycles. The molecule has 2 aromatic carbocycles. The molecule has 0 aliphatic rings. The highest BCUT2D eigenvalue weighted by atomic mass is 32.2. The second kappa shape index (κ2) is 4.15. The Bertz CT molecular complexity index is 953. The summed E-state index contributed by atoms with van der Waals surface area (Å²) in [4.78, 5) is 12.6. The van der Waals surface area contributed by atoms with Crippen LogP contribution in [0.5, 0.6) is 0 Å². The van der Waals surface area contributed by atoms with Gasteiger partial charge in [-0.05, 0) is 30.3 Å². The number of hydrogen-bond acceptors (Lipinski definition) is 4. The van der Waals surface area contributed by atoms with Gasteiger partial charge in [0.2, 0.25) is 0 Å². The molecule has 0 saturated heterocycles. The molecule has 0 unspecified atom stereocenters. The zero-order valence-corrected chi connectivity index (χ0v) is 11.7. The summed E-state index contributed by atoms with van der Waals surface area (Å²) < 4.78 is 24.8. The van der Waals surface area contributed by atoms with Crippen LogP contribution >= 0.6 is 11.3 Å². The monoisotopic (exact) mass is 290 g/mol. The lowest BCUT2D eigenvalue weighted by Crippen LogP contribution is -2.03. The van der Waals surface area contributed by atoms with Crippen LogP contribution in [0.25, 0.3) is 20.2 Å². The fourth-order valence-corrected chi connectivity index (χ4v) is 3.71. The van der Waals surface area contributed by atoms with Gasteiger partial charge in [-0.1, -0.05) is 12.1 Å². The van der Waals surface area contributed by atoms with Gasteiger partial charge >= 0.3 is 0 Å². The molecule has 0 aliphatic heterocycles. The first-order valence-electron chi connectivity index (χ1n) is 5.62. The van der Waals surface area contributed by atoms with Crippen molar-refractivity contribution in [1.29, 1.82) is 0 Å². The van der Waals surface area contributed by atoms with Gasteiger partial charge in [-0.2, -0.15) is 0 Å². The molecule has 0 atom stereocenters. The summed E-state index contributed by atoms with van der Waals surface area (Å²) in [6.45, 7) is 0. The van der Waals surface area contributed by atoms with Gasteiger partial charge in [-0.25, -0.2) is 8.42 Å². The predicted molar refractivity (Wildman–Crippen MR) is 78.7 cm³/mol. The topological polar surface area (TPSA) is 51.2 Å². The lowest BCUT2D eigenvalue weighted by atomic mass is 10.2. The van der Waals surface area contributed by atoms with Gasteiger partial charge in [0.05, 0.1) is 4.90 Å². The van der Waals surface area contributed by atoms with Gasteiger partial charge < -0.3 is 0 Å². The Hall–Kier alpha value is -1.72. The summed E-state index contributed by atoms with van der Waals surface area (Å²) in [5, 5.41) is 1.09. The van der Waals surface area contributed by atoms with Crippen LogP contribution in [-0.4, -0.2) is 14.7 Å². The molecular formula is C14H10O3S2. The second-order valence-electron chi connectivity index (χ2n) is 4.36. The minimum absolute atomic E-state index is 0.116. The molecule has 0 aliphatic carbocycles. The Morgan fingerprint density at radius 2 is 1.63 bits per heavy atom. The molecule has 3 nitrogen and oxygen atoms in total. The zero-order chi connectivity index (χ0) is 13.6. The van der Waals surface area contributed by atoms with Crippen LogP contribution in [0.1, 0.15) is 0 Å². The van der Waals surface area contributed by atoms with E-state index in [0.29, 0.717) is 10.8 Å². The second-order valence-corrected chi connectivity index (χ2v) is 7.46. The largest absolute Gasteiger partial charge is 0.289 e. The van der Waals surface area contributed by atoms with Crippen LogP contribution in [0.3, 0.4) is 0 Å². The lowest BCUT2D eigenvalue weighted by Gasteiger charge is -2.03. The Kier molecular flexibility index (Phi) is 2.69. The van der Waals surface area contributed by atoms with Gasteiger partial charge in [0.15, 0.2) is 15.3 Å². The van der Waals surface area contributed by atoms with Crippen molar-refractivity contribution in [3.63, 3.8) is 0 Å². The van der Waals surface area contributed by atoms with Gasteiger partial charge in [0.1, 0.15) is 0 Å². The lowest BCUT2D eigenvalue weighted by molar-refractivity contribution is 0.602. The summed E-state index contributed by atoms with van der Waals surface area (Å²) >= 11 is 1.49. The molecule has 0 N–H and O–H groups in total. The maximum atomic E-state index is 12.4. The van der Waals surface area contributed by atoms with Crippen LogP contribution in [0.15, 0.2) is 52.2 Å². The van der Waals surface area contributed by atoms with Crippen molar-refractivity contribution in [2.45, 2.75) is 4.90 Å². The Morgan fingerprint density at radius 1 is 0.947 bits per heavy atom. The van der Waals surface area contributed by atoms with Crippen molar-refractivity contribution in [1.82, 2.24) is 0 Å². The fourth-order valence-electron chi connectivity index (χ4n) is 2.01. The van der Waals surface area contributed by atoms with Gasteiger partial charge in [0, 0.05) is 26.4 Å². The van der Waals surface area contributed by atoms with E-state index in [1.165, 1.54) is 17.4 Å². The summed E-state index contributed by atoms with van der Waals surface area (Å²) in [6, 6.07) is 12.1. The van der Waals surface area contributed by atoms with Gasteiger partial charge in [0.25, 0.3) is 0 Å². The Morgan fingerprint density at radius 3 is 2.37 bits per heavy atom. The minimum atomic E-state index is -3.30. The first kappa shape index (κ1) is 12.3. The number of sulfone groups is 1. The molecule has 96 valence electrons. The fraction of sp³-hybridized carbons (Fsp3) is 0.0714. The Balaban J connectivity index is 2.50. The van der Waals surface area contributed by atoms with E-state index >= 15 is 0 Å². The summed E-state index contributed by atoms with van der Waals surface area (Å²) in [6.07, 6.45) is 1.14. The maximum Gasteiger partial charge on any atom is 0.195 e. The van der Waals surface area contributed by atoms with E-state index in [1.807, 2.05) is 18.2 Å². The summed E-state index contributed by atoms with van der Waals surface area (Å²) in [5.41, 5.74) is -0.116. The van der Waals surface area contributed by atoms with E-state index in [1.54, 1.807) is 18.2 Å². The number of rotatable bonds is 1. The summed E-state index contributed by atoms with van der Waals surface area (Å²) in [7, 11) is -3.30. The molecule has 5 heteroatoms. The molecule has 3 aromatic rings. The number of fused-ring (bicyclic) bond motifs is 2. The molecule has 3 rings (SSSR count). The first-order valence-corrected chi connectivity index (χ1v) is 8.33. The normalized spacial score (nSPS) is 12.1. The van der Waals surface area contributed by atoms with E-state index in [0.717, 1.165) is 15.7 Å². The molecule has 0 fully saturated rings. The standard InChI is InChI=1S/C14H10O3S2/c1-19(16,17)9-6-7-13-11(8-9)14(15)10-4-2-3-5-12(10)18-13/h2-8H,1H3. The molecular weight excluding hydrogens is 280 g/mol. The highest BCUT2D eigenvalue weighted by Gasteiger charge is 2.11. The molecule has 0 spiro atoms. The highest BCUT2D eigenvalue weighted by Crippen LogP contribution is 2.26. The average molecular weight is 290 g/mol. The third-order valence-electron chi connectivity index (χ3n) is 2.98.